The molecular weight excluding hydrogens is 218 g/mol. The van der Waals surface area contributed by atoms with Gasteiger partial charge in [-0.2, -0.15) is 0 Å². The first-order valence-corrected chi connectivity index (χ1v) is 5.46. The van der Waals surface area contributed by atoms with Gasteiger partial charge < -0.3 is 10.1 Å². The van der Waals surface area contributed by atoms with Gasteiger partial charge >= 0.3 is 0 Å². The van der Waals surface area contributed by atoms with Crippen LogP contribution in [0.2, 0.25) is 0 Å². The molecule has 0 saturated carbocycles. The van der Waals surface area contributed by atoms with Gasteiger partial charge in [-0.05, 0) is 12.5 Å². The van der Waals surface area contributed by atoms with E-state index in [1.165, 1.54) is 0 Å². The van der Waals surface area contributed by atoms with E-state index in [0.717, 1.165) is 25.2 Å². The third-order valence-corrected chi connectivity index (χ3v) is 2.31. The highest BCUT2D eigenvalue weighted by molar-refractivity contribution is 5.44. The number of aryl methyl sites for hydroxylation is 1. The molecule has 0 spiro atoms. The largest absolute Gasteiger partial charge is 0.481 e. The smallest absolute Gasteiger partial charge is 0.214 e. The Labute approximate surface area is 99.6 Å². The van der Waals surface area contributed by atoms with Crippen molar-refractivity contribution in [3.8, 4) is 5.88 Å². The monoisotopic (exact) mass is 233 g/mol. The number of hydrogen-bond acceptors (Lipinski definition) is 5. The van der Waals surface area contributed by atoms with Crippen LogP contribution in [0.1, 0.15) is 6.42 Å². The summed E-state index contributed by atoms with van der Waals surface area (Å²) in [5, 5.41) is 10.9. The van der Waals surface area contributed by atoms with Crippen LogP contribution >= 0.6 is 0 Å². The van der Waals surface area contributed by atoms with Gasteiger partial charge in [-0.15, -0.1) is 5.10 Å². The van der Waals surface area contributed by atoms with Gasteiger partial charge in [0.1, 0.15) is 0 Å². The number of hydrogen-bond donors (Lipinski definition) is 1. The van der Waals surface area contributed by atoms with Crippen molar-refractivity contribution in [2.45, 2.75) is 13.0 Å². The molecule has 2 heterocycles. The molecule has 17 heavy (non-hydrogen) atoms. The van der Waals surface area contributed by atoms with E-state index in [0.29, 0.717) is 5.88 Å². The van der Waals surface area contributed by atoms with Crippen LogP contribution in [-0.2, 0) is 6.54 Å². The lowest BCUT2D eigenvalue weighted by molar-refractivity contribution is 0.398. The zero-order chi connectivity index (χ0) is 11.9. The van der Waals surface area contributed by atoms with Crippen LogP contribution in [0, 0.1) is 0 Å². The molecule has 0 radical (unpaired) electrons. The van der Waals surface area contributed by atoms with E-state index < -0.39 is 0 Å². The maximum absolute atomic E-state index is 5.05. The van der Waals surface area contributed by atoms with Crippen LogP contribution in [0.5, 0.6) is 5.88 Å². The Morgan fingerprint density at radius 2 is 2.35 bits per heavy atom. The number of rotatable bonds is 6. The third-order valence-electron chi connectivity index (χ3n) is 2.31. The number of ether oxygens (including phenoxy) is 1. The van der Waals surface area contributed by atoms with Crippen molar-refractivity contribution in [3.05, 3.63) is 30.7 Å². The molecule has 6 heteroatoms. The van der Waals surface area contributed by atoms with Crippen LogP contribution in [-0.4, -0.2) is 33.6 Å². The van der Waals surface area contributed by atoms with Crippen molar-refractivity contribution < 1.29 is 4.74 Å². The molecule has 6 nitrogen and oxygen atoms in total. The highest BCUT2D eigenvalue weighted by Gasteiger charge is 1.96. The van der Waals surface area contributed by atoms with Gasteiger partial charge in [0.25, 0.3) is 0 Å². The number of nitrogens with one attached hydrogen (secondary N) is 1. The normalized spacial score (nSPS) is 10.2. The van der Waals surface area contributed by atoms with Crippen molar-refractivity contribution in [1.82, 2.24) is 20.0 Å². The summed E-state index contributed by atoms with van der Waals surface area (Å²) in [6, 6.07) is 3.79. The van der Waals surface area contributed by atoms with E-state index in [1.54, 1.807) is 19.5 Å². The molecule has 2 rings (SSSR count). The van der Waals surface area contributed by atoms with E-state index in [4.69, 9.17) is 4.74 Å². The first-order valence-electron chi connectivity index (χ1n) is 5.46. The second-order valence-corrected chi connectivity index (χ2v) is 3.53. The molecule has 0 aliphatic carbocycles. The molecule has 0 aromatic carbocycles. The molecule has 0 aliphatic heterocycles. The van der Waals surface area contributed by atoms with Gasteiger partial charge in [0.15, 0.2) is 0 Å². The molecule has 0 bridgehead atoms. The Balaban J connectivity index is 1.74. The lowest BCUT2D eigenvalue weighted by atomic mass is 10.3. The molecule has 0 fully saturated rings. The van der Waals surface area contributed by atoms with Crippen LogP contribution in [0.4, 0.5) is 5.69 Å². The van der Waals surface area contributed by atoms with Gasteiger partial charge in [0.2, 0.25) is 5.88 Å². The van der Waals surface area contributed by atoms with Crippen molar-refractivity contribution in [1.29, 1.82) is 0 Å². The summed E-state index contributed by atoms with van der Waals surface area (Å²) in [4.78, 5) is 4.04. The number of pyridine rings is 1. The fourth-order valence-electron chi connectivity index (χ4n) is 1.46. The van der Waals surface area contributed by atoms with E-state index in [2.05, 4.69) is 20.6 Å². The zero-order valence-corrected chi connectivity index (χ0v) is 9.71. The molecule has 0 saturated heterocycles. The highest BCUT2D eigenvalue weighted by atomic mass is 16.5. The third kappa shape index (κ3) is 3.44. The summed E-state index contributed by atoms with van der Waals surface area (Å²) >= 11 is 0. The quantitative estimate of drug-likeness (QED) is 0.759. The number of methoxy groups -OCH3 is 1. The molecular formula is C11H15N5O. The minimum absolute atomic E-state index is 0.617. The number of aromatic nitrogens is 4. The molecule has 0 aliphatic rings. The minimum atomic E-state index is 0.617. The average Bonchev–Trinajstić information content (AvgIpc) is 2.88. The molecule has 2 aromatic rings. The second kappa shape index (κ2) is 5.83. The standard InChI is InChI=1S/C11H15N5O/c1-17-11-9-10(3-5-13-11)12-4-2-7-16-8-6-14-15-16/h3,5-6,8-9H,2,4,7H2,1H3,(H,12,13). The zero-order valence-electron chi connectivity index (χ0n) is 9.71. The molecule has 1 N–H and O–H groups in total. The summed E-state index contributed by atoms with van der Waals surface area (Å²) in [5.41, 5.74) is 1.01. The lowest BCUT2D eigenvalue weighted by Crippen LogP contribution is -2.07. The summed E-state index contributed by atoms with van der Waals surface area (Å²) in [6.07, 6.45) is 6.24. The Morgan fingerprint density at radius 1 is 1.41 bits per heavy atom. The lowest BCUT2D eigenvalue weighted by Gasteiger charge is -2.07. The summed E-state index contributed by atoms with van der Waals surface area (Å²) in [7, 11) is 1.61. The van der Waals surface area contributed by atoms with Crippen LogP contribution in [0.3, 0.4) is 0 Å². The van der Waals surface area contributed by atoms with Gasteiger partial charge in [-0.1, -0.05) is 5.21 Å². The first-order chi connectivity index (χ1) is 8.38. The molecule has 2 aromatic heterocycles. The van der Waals surface area contributed by atoms with Gasteiger partial charge in [0, 0.05) is 37.2 Å². The molecule has 0 unspecified atom stereocenters. The number of nitrogens with zero attached hydrogens (tertiary/aromatic N) is 4. The Kier molecular flexibility index (Phi) is 3.90. The second-order valence-electron chi connectivity index (χ2n) is 3.53. The molecule has 0 amide bonds. The fraction of sp³-hybridized carbons (Fsp3) is 0.364. The first kappa shape index (κ1) is 11.4. The minimum Gasteiger partial charge on any atom is -0.481 e. The Hall–Kier alpha value is -2.11. The van der Waals surface area contributed by atoms with Crippen molar-refractivity contribution >= 4 is 5.69 Å². The SMILES string of the molecule is COc1cc(NCCCn2ccnn2)ccn1. The highest BCUT2D eigenvalue weighted by Crippen LogP contribution is 2.12. The predicted molar refractivity (Wildman–Crippen MR) is 63.9 cm³/mol. The van der Waals surface area contributed by atoms with E-state index in [-0.39, 0.29) is 0 Å². The summed E-state index contributed by atoms with van der Waals surface area (Å²) in [5.74, 6) is 0.617. The summed E-state index contributed by atoms with van der Waals surface area (Å²) < 4.78 is 6.86. The van der Waals surface area contributed by atoms with Gasteiger partial charge in [-0.25, -0.2) is 4.98 Å². The molecule has 90 valence electrons. The van der Waals surface area contributed by atoms with E-state index >= 15 is 0 Å². The average molecular weight is 233 g/mol. The fourth-order valence-corrected chi connectivity index (χ4v) is 1.46. The molecule has 0 atom stereocenters. The van der Waals surface area contributed by atoms with Gasteiger partial charge in [0.05, 0.1) is 13.3 Å². The van der Waals surface area contributed by atoms with Crippen molar-refractivity contribution in [2.75, 3.05) is 19.0 Å². The van der Waals surface area contributed by atoms with E-state index in [9.17, 15) is 0 Å². The van der Waals surface area contributed by atoms with Crippen LogP contribution in [0.25, 0.3) is 0 Å². The Bertz CT molecular complexity index is 443. The Morgan fingerprint density at radius 3 is 3.12 bits per heavy atom. The van der Waals surface area contributed by atoms with E-state index in [1.807, 2.05) is 23.0 Å². The summed E-state index contributed by atoms with van der Waals surface area (Å²) in [6.45, 7) is 1.72. The van der Waals surface area contributed by atoms with Crippen LogP contribution in [0.15, 0.2) is 30.7 Å². The van der Waals surface area contributed by atoms with Crippen LogP contribution < -0.4 is 10.1 Å². The maximum Gasteiger partial charge on any atom is 0.214 e. The van der Waals surface area contributed by atoms with Gasteiger partial charge in [-0.3, -0.25) is 4.68 Å². The van der Waals surface area contributed by atoms with Crippen molar-refractivity contribution in [2.24, 2.45) is 0 Å². The maximum atomic E-state index is 5.05. The topological polar surface area (TPSA) is 64.9 Å². The predicted octanol–water partition coefficient (Wildman–Crippen LogP) is 1.18. The van der Waals surface area contributed by atoms with Crippen molar-refractivity contribution in [3.63, 3.8) is 0 Å². The number of anilines is 1.